The van der Waals surface area contributed by atoms with Gasteiger partial charge in [-0.15, -0.1) is 0 Å². The largest absolute Gasteiger partial charge is 0.448 e. The first kappa shape index (κ1) is 21.1. The second-order valence-corrected chi connectivity index (χ2v) is 9.82. The first-order valence-corrected chi connectivity index (χ1v) is 12.2. The van der Waals surface area contributed by atoms with Crippen molar-refractivity contribution in [2.75, 3.05) is 6.61 Å². The molecule has 0 radical (unpaired) electrons. The minimum Gasteiger partial charge on any atom is -0.448 e. The fourth-order valence-corrected chi connectivity index (χ4v) is 6.30. The maximum Gasteiger partial charge on any atom is 0.410 e. The minimum atomic E-state index is -0.238. The van der Waals surface area contributed by atoms with Crippen LogP contribution in [0.25, 0.3) is 11.1 Å². The number of rotatable bonds is 4. The summed E-state index contributed by atoms with van der Waals surface area (Å²) in [6, 6.07) is 18.8. The number of piperidine rings is 1. The van der Waals surface area contributed by atoms with E-state index < -0.39 is 0 Å². The number of carbonyl (C=O) groups excluding carboxylic acids is 2. The highest BCUT2D eigenvalue weighted by atomic mass is 16.6. The zero-order valence-corrected chi connectivity index (χ0v) is 19.3. The summed E-state index contributed by atoms with van der Waals surface area (Å²) in [5.41, 5.74) is 6.56. The van der Waals surface area contributed by atoms with Crippen molar-refractivity contribution in [3.8, 4) is 11.1 Å². The summed E-state index contributed by atoms with van der Waals surface area (Å²) in [5, 5.41) is 0. The molecule has 3 aliphatic rings. The molecule has 6 rings (SSSR count). The number of fused-ring (bicyclic) bond motifs is 5. The van der Waals surface area contributed by atoms with E-state index in [2.05, 4.69) is 41.4 Å². The molecule has 3 heterocycles. The van der Waals surface area contributed by atoms with Gasteiger partial charge in [-0.2, -0.15) is 0 Å². The first-order valence-electron chi connectivity index (χ1n) is 12.2. The molecule has 2 unspecified atom stereocenters. The van der Waals surface area contributed by atoms with Crippen molar-refractivity contribution in [1.29, 1.82) is 0 Å². The van der Waals surface area contributed by atoms with Crippen LogP contribution in [0, 0.1) is 12.8 Å². The number of pyridine rings is 1. The van der Waals surface area contributed by atoms with Gasteiger partial charge in [-0.05, 0) is 66.5 Å². The molecule has 3 aromatic rings. The third kappa shape index (κ3) is 3.42. The summed E-state index contributed by atoms with van der Waals surface area (Å²) in [7, 11) is 0. The second-order valence-electron chi connectivity index (χ2n) is 9.82. The summed E-state index contributed by atoms with van der Waals surface area (Å²) in [5.74, 6) is 0.161. The summed E-state index contributed by atoms with van der Waals surface area (Å²) in [4.78, 5) is 32.5. The van der Waals surface area contributed by atoms with E-state index in [1.807, 2.05) is 30.0 Å². The molecule has 2 atom stereocenters. The lowest BCUT2D eigenvalue weighted by atomic mass is 9.84. The van der Waals surface area contributed by atoms with Gasteiger partial charge in [0.15, 0.2) is 5.78 Å². The average Bonchev–Trinajstić information content (AvgIpc) is 3.33. The van der Waals surface area contributed by atoms with Gasteiger partial charge in [0.05, 0.1) is 0 Å². The number of amides is 1. The van der Waals surface area contributed by atoms with E-state index in [1.54, 1.807) is 12.4 Å². The monoisotopic (exact) mass is 452 g/mol. The Bertz CT molecular complexity index is 1210. The van der Waals surface area contributed by atoms with Crippen molar-refractivity contribution in [3.05, 3.63) is 89.2 Å². The molecular formula is C29H28N2O3. The number of benzene rings is 2. The van der Waals surface area contributed by atoms with Crippen LogP contribution in [-0.2, 0) is 4.74 Å². The molecule has 2 aromatic carbocycles. The zero-order valence-electron chi connectivity index (χ0n) is 19.3. The van der Waals surface area contributed by atoms with Crippen LogP contribution in [0.2, 0.25) is 0 Å². The van der Waals surface area contributed by atoms with E-state index >= 15 is 0 Å². The van der Waals surface area contributed by atoms with E-state index in [0.717, 1.165) is 18.4 Å². The third-order valence-corrected chi connectivity index (χ3v) is 7.96. The summed E-state index contributed by atoms with van der Waals surface area (Å²) < 4.78 is 5.95. The van der Waals surface area contributed by atoms with Crippen LogP contribution in [0.15, 0.2) is 67.0 Å². The number of aryl methyl sites for hydroxylation is 1. The maximum absolute atomic E-state index is 13.2. The highest BCUT2D eigenvalue weighted by Gasteiger charge is 2.46. The van der Waals surface area contributed by atoms with Crippen LogP contribution < -0.4 is 0 Å². The summed E-state index contributed by atoms with van der Waals surface area (Å²) >= 11 is 0. The van der Waals surface area contributed by atoms with Gasteiger partial charge in [-0.3, -0.25) is 9.78 Å². The summed E-state index contributed by atoms with van der Waals surface area (Å²) in [6.07, 6.45) is 6.43. The molecule has 1 aliphatic carbocycles. The van der Waals surface area contributed by atoms with Crippen molar-refractivity contribution >= 4 is 11.9 Å². The quantitative estimate of drug-likeness (QED) is 0.472. The van der Waals surface area contributed by atoms with Crippen molar-refractivity contribution in [2.45, 2.75) is 50.6 Å². The van der Waals surface area contributed by atoms with Gasteiger partial charge >= 0.3 is 6.09 Å². The molecule has 5 heteroatoms. The van der Waals surface area contributed by atoms with Crippen molar-refractivity contribution in [2.24, 2.45) is 5.92 Å². The van der Waals surface area contributed by atoms with Crippen molar-refractivity contribution < 1.29 is 14.3 Å². The number of ether oxygens (including phenoxy) is 1. The Morgan fingerprint density at radius 2 is 1.56 bits per heavy atom. The van der Waals surface area contributed by atoms with Gasteiger partial charge in [0, 0.05) is 41.9 Å². The molecule has 172 valence electrons. The molecule has 2 bridgehead atoms. The number of hydrogen-bond donors (Lipinski definition) is 0. The number of ketones is 1. The molecule has 1 amide bonds. The second kappa shape index (κ2) is 8.39. The Morgan fingerprint density at radius 1 is 0.941 bits per heavy atom. The van der Waals surface area contributed by atoms with E-state index in [4.69, 9.17) is 4.74 Å². The lowest BCUT2D eigenvalue weighted by molar-refractivity contribution is 0.0505. The van der Waals surface area contributed by atoms with Gasteiger partial charge in [0.1, 0.15) is 6.61 Å². The van der Waals surface area contributed by atoms with E-state index in [1.165, 1.54) is 22.3 Å². The number of nitrogens with zero attached hydrogens (tertiary/aromatic N) is 2. The highest BCUT2D eigenvalue weighted by molar-refractivity contribution is 5.99. The van der Waals surface area contributed by atoms with Gasteiger partial charge in [-0.25, -0.2) is 4.79 Å². The highest BCUT2D eigenvalue weighted by Crippen LogP contribution is 2.45. The Kier molecular flexibility index (Phi) is 5.20. The van der Waals surface area contributed by atoms with Crippen molar-refractivity contribution in [3.63, 3.8) is 0 Å². The van der Waals surface area contributed by atoms with E-state index in [9.17, 15) is 9.59 Å². The molecule has 1 aromatic heterocycles. The van der Waals surface area contributed by atoms with E-state index in [-0.39, 0.29) is 35.8 Å². The number of Topliss-reactive ketones (excluding diaryl/α,β-unsaturated/α-hetero) is 1. The molecule has 2 fully saturated rings. The van der Waals surface area contributed by atoms with Crippen LogP contribution in [0.4, 0.5) is 4.79 Å². The zero-order chi connectivity index (χ0) is 23.2. The van der Waals surface area contributed by atoms with E-state index in [0.29, 0.717) is 25.0 Å². The van der Waals surface area contributed by atoms with Gasteiger partial charge in [0.25, 0.3) is 0 Å². The smallest absolute Gasteiger partial charge is 0.410 e. The molecule has 0 N–H and O–H groups in total. The van der Waals surface area contributed by atoms with Crippen LogP contribution >= 0.6 is 0 Å². The average molecular weight is 453 g/mol. The summed E-state index contributed by atoms with van der Waals surface area (Å²) in [6.45, 7) is 2.29. The number of aromatic nitrogens is 1. The lowest BCUT2D eigenvalue weighted by Crippen LogP contribution is -2.48. The number of hydrogen-bond acceptors (Lipinski definition) is 4. The minimum absolute atomic E-state index is 0.0571. The SMILES string of the molecule is Cc1ccncc1C(=O)C1CC2CCC(C1)N2C(=O)OCC1c2ccccc2-c2ccccc21. The fraction of sp³-hybridized carbons (Fsp3) is 0.345. The van der Waals surface area contributed by atoms with Gasteiger partial charge in [0.2, 0.25) is 0 Å². The first-order chi connectivity index (χ1) is 16.6. The van der Waals surface area contributed by atoms with Crippen molar-refractivity contribution in [1.82, 2.24) is 9.88 Å². The Hall–Kier alpha value is -3.47. The van der Waals surface area contributed by atoms with Crippen LogP contribution in [0.3, 0.4) is 0 Å². The number of carbonyl (C=O) groups is 2. The Labute approximate surface area is 199 Å². The topological polar surface area (TPSA) is 59.5 Å². The predicted molar refractivity (Wildman–Crippen MR) is 130 cm³/mol. The van der Waals surface area contributed by atoms with Gasteiger partial charge < -0.3 is 9.64 Å². The Morgan fingerprint density at radius 3 is 2.18 bits per heavy atom. The van der Waals surface area contributed by atoms with Crippen LogP contribution in [-0.4, -0.2) is 40.5 Å². The molecule has 2 aliphatic heterocycles. The molecule has 0 saturated carbocycles. The lowest BCUT2D eigenvalue weighted by Gasteiger charge is -2.38. The molecular weight excluding hydrogens is 424 g/mol. The molecule has 0 spiro atoms. The standard InChI is InChI=1S/C29H28N2O3/c1-18-12-13-30-16-26(18)28(32)19-14-20-10-11-21(15-19)31(20)29(33)34-17-27-24-8-4-2-6-22(24)23-7-3-5-9-25(23)27/h2-9,12-13,16,19-21,27H,10-11,14-15,17H2,1H3. The normalized spacial score (nSPS) is 22.9. The van der Waals surface area contributed by atoms with Gasteiger partial charge in [-0.1, -0.05) is 48.5 Å². The molecule has 2 saturated heterocycles. The van der Waals surface area contributed by atoms with Crippen LogP contribution in [0.1, 0.15) is 58.6 Å². The molecule has 5 nitrogen and oxygen atoms in total. The maximum atomic E-state index is 13.2. The Balaban J connectivity index is 1.15. The fourth-order valence-electron chi connectivity index (χ4n) is 6.30. The predicted octanol–water partition coefficient (Wildman–Crippen LogP) is 5.76. The van der Waals surface area contributed by atoms with Crippen LogP contribution in [0.5, 0.6) is 0 Å². The third-order valence-electron chi connectivity index (χ3n) is 7.96. The molecule has 34 heavy (non-hydrogen) atoms.